The van der Waals surface area contributed by atoms with Crippen molar-refractivity contribution in [3.05, 3.63) is 89.0 Å². The van der Waals surface area contributed by atoms with E-state index in [0.717, 1.165) is 33.9 Å². The molecule has 2 heterocycles. The number of hydrogen-bond donors (Lipinski definition) is 1. The van der Waals surface area contributed by atoms with Crippen molar-refractivity contribution in [3.8, 4) is 6.07 Å². The molecule has 2 amide bonds. The number of esters is 1. The number of nitrogens with one attached hydrogen (secondary N) is 1. The van der Waals surface area contributed by atoms with Crippen LogP contribution in [0.15, 0.2) is 72.3 Å². The Bertz CT molecular complexity index is 1350. The molecule has 2 atom stereocenters. The Morgan fingerprint density at radius 3 is 2.71 bits per heavy atom. The van der Waals surface area contributed by atoms with E-state index in [0.29, 0.717) is 30.5 Å². The number of benzene rings is 3. The van der Waals surface area contributed by atoms with Crippen molar-refractivity contribution < 1.29 is 14.3 Å². The molecule has 0 unspecified atom stereocenters. The monoisotopic (exact) mass is 451 g/mol. The lowest BCUT2D eigenvalue weighted by atomic mass is 9.88. The van der Waals surface area contributed by atoms with Crippen LogP contribution in [0.2, 0.25) is 0 Å². The highest BCUT2D eigenvalue weighted by Gasteiger charge is 2.46. The summed E-state index contributed by atoms with van der Waals surface area (Å²) in [7, 11) is 1.37. The second-order valence-electron chi connectivity index (χ2n) is 8.73. The quantitative estimate of drug-likeness (QED) is 0.579. The molecule has 2 aliphatic rings. The number of ether oxygens (including phenoxy) is 1. The molecule has 0 spiro atoms. The van der Waals surface area contributed by atoms with Crippen LogP contribution in [-0.2, 0) is 16.1 Å². The first-order chi connectivity index (χ1) is 16.6. The molecule has 2 bridgehead atoms. The van der Waals surface area contributed by atoms with Crippen molar-refractivity contribution >= 4 is 28.3 Å². The highest BCUT2D eigenvalue weighted by Crippen LogP contribution is 2.43. The van der Waals surface area contributed by atoms with Crippen molar-refractivity contribution in [1.82, 2.24) is 10.2 Å². The number of methoxy groups -OCH3 is 1. The molecule has 3 aromatic carbocycles. The van der Waals surface area contributed by atoms with E-state index in [4.69, 9.17) is 4.74 Å². The minimum Gasteiger partial charge on any atom is -0.466 e. The van der Waals surface area contributed by atoms with Gasteiger partial charge in [-0.3, -0.25) is 0 Å². The number of hydrogen-bond acceptors (Lipinski definition) is 4. The van der Waals surface area contributed by atoms with E-state index < -0.39 is 5.97 Å². The topological polar surface area (TPSA) is 82.4 Å². The van der Waals surface area contributed by atoms with E-state index in [1.165, 1.54) is 7.11 Å². The molecule has 0 saturated carbocycles. The first-order valence-electron chi connectivity index (χ1n) is 11.5. The fourth-order valence-electron chi connectivity index (χ4n) is 5.35. The van der Waals surface area contributed by atoms with Crippen molar-refractivity contribution in [3.63, 3.8) is 0 Å². The maximum absolute atomic E-state index is 13.4. The number of rotatable bonds is 4. The Kier molecular flexibility index (Phi) is 5.77. The summed E-state index contributed by atoms with van der Waals surface area (Å²) in [6.07, 6.45) is 2.07. The first kappa shape index (κ1) is 21.7. The third-order valence-corrected chi connectivity index (χ3v) is 6.89. The van der Waals surface area contributed by atoms with Gasteiger partial charge in [0.2, 0.25) is 0 Å². The van der Waals surface area contributed by atoms with E-state index in [2.05, 4.69) is 29.6 Å². The Hall–Kier alpha value is -4.11. The van der Waals surface area contributed by atoms with Gasteiger partial charge in [-0.05, 0) is 58.9 Å². The largest absolute Gasteiger partial charge is 0.466 e. The molecule has 6 nitrogen and oxygen atoms in total. The molecular weight excluding hydrogens is 426 g/mol. The van der Waals surface area contributed by atoms with Gasteiger partial charge in [0, 0.05) is 12.6 Å². The van der Waals surface area contributed by atoms with E-state index in [-0.39, 0.29) is 18.1 Å². The van der Waals surface area contributed by atoms with Crippen LogP contribution in [0.25, 0.3) is 16.3 Å². The summed E-state index contributed by atoms with van der Waals surface area (Å²) in [6.45, 7) is 0.407. The normalized spacial score (nSPS) is 19.1. The third-order valence-electron chi connectivity index (χ3n) is 6.89. The molecule has 5 rings (SSSR count). The summed E-state index contributed by atoms with van der Waals surface area (Å²) in [5, 5.41) is 14.6. The van der Waals surface area contributed by atoms with Crippen molar-refractivity contribution in [1.29, 1.82) is 5.26 Å². The summed E-state index contributed by atoms with van der Waals surface area (Å²) in [5.74, 6) is -0.422. The van der Waals surface area contributed by atoms with Gasteiger partial charge in [-0.15, -0.1) is 0 Å². The maximum Gasteiger partial charge on any atom is 0.336 e. The number of fused-ring (bicyclic) bond motifs is 3. The van der Waals surface area contributed by atoms with Crippen LogP contribution in [0.3, 0.4) is 0 Å². The predicted molar refractivity (Wildman–Crippen MR) is 130 cm³/mol. The predicted octanol–water partition coefficient (Wildman–Crippen LogP) is 4.78. The number of amides is 2. The van der Waals surface area contributed by atoms with Gasteiger partial charge in [-0.1, -0.05) is 54.6 Å². The van der Waals surface area contributed by atoms with Crippen molar-refractivity contribution in [2.45, 2.75) is 37.9 Å². The molecule has 1 fully saturated rings. The van der Waals surface area contributed by atoms with Gasteiger partial charge in [0.25, 0.3) is 0 Å². The van der Waals surface area contributed by atoms with Gasteiger partial charge in [-0.2, -0.15) is 5.26 Å². The van der Waals surface area contributed by atoms with Crippen LogP contribution in [-0.4, -0.2) is 36.1 Å². The van der Waals surface area contributed by atoms with E-state index in [1.807, 2.05) is 41.3 Å². The second kappa shape index (κ2) is 9.03. The van der Waals surface area contributed by atoms with Crippen LogP contribution in [0.4, 0.5) is 4.79 Å². The lowest BCUT2D eigenvalue weighted by molar-refractivity contribution is -0.136. The van der Waals surface area contributed by atoms with Crippen LogP contribution in [0, 0.1) is 11.3 Å². The molecule has 1 saturated heterocycles. The lowest BCUT2D eigenvalue weighted by Crippen LogP contribution is -2.50. The Morgan fingerprint density at radius 1 is 1.09 bits per heavy atom. The number of urea groups is 1. The van der Waals surface area contributed by atoms with E-state index in [1.54, 1.807) is 12.1 Å². The molecule has 0 radical (unpaired) electrons. The van der Waals surface area contributed by atoms with Gasteiger partial charge in [0.05, 0.1) is 30.4 Å². The Labute approximate surface area is 198 Å². The molecule has 2 aliphatic heterocycles. The molecule has 0 aliphatic carbocycles. The third kappa shape index (κ3) is 3.80. The number of carbonyl (C=O) groups is 2. The van der Waals surface area contributed by atoms with Gasteiger partial charge < -0.3 is 15.0 Å². The summed E-state index contributed by atoms with van der Waals surface area (Å²) in [4.78, 5) is 28.1. The molecule has 1 N–H and O–H groups in total. The van der Waals surface area contributed by atoms with Crippen molar-refractivity contribution in [2.24, 2.45) is 0 Å². The number of nitrogens with zero attached hydrogens (tertiary/aromatic N) is 2. The summed E-state index contributed by atoms with van der Waals surface area (Å²) < 4.78 is 5.13. The van der Waals surface area contributed by atoms with Gasteiger partial charge in [0.15, 0.2) is 0 Å². The lowest BCUT2D eigenvalue weighted by Gasteiger charge is -2.37. The van der Waals surface area contributed by atoms with Crippen LogP contribution >= 0.6 is 0 Å². The molecule has 6 heteroatoms. The smallest absolute Gasteiger partial charge is 0.336 e. The molecule has 34 heavy (non-hydrogen) atoms. The molecule has 3 aromatic rings. The van der Waals surface area contributed by atoms with Crippen LogP contribution < -0.4 is 5.32 Å². The fourth-order valence-corrected chi connectivity index (χ4v) is 5.35. The van der Waals surface area contributed by atoms with Crippen molar-refractivity contribution in [2.75, 3.05) is 7.11 Å². The highest BCUT2D eigenvalue weighted by atomic mass is 16.5. The summed E-state index contributed by atoms with van der Waals surface area (Å²) in [5.41, 5.74) is 3.82. The zero-order valence-electron chi connectivity index (χ0n) is 19.0. The first-order valence-corrected chi connectivity index (χ1v) is 11.5. The SMILES string of the molecule is COC(=O)C1=C(c2cccc(C#N)c2)C[C@@H]2CC[C@H]1N2C(=O)NCc1cccc2ccccc12. The van der Waals surface area contributed by atoms with E-state index in [9.17, 15) is 14.9 Å². The maximum atomic E-state index is 13.4. The Morgan fingerprint density at radius 2 is 1.88 bits per heavy atom. The van der Waals surface area contributed by atoms with Gasteiger partial charge in [0.1, 0.15) is 0 Å². The number of nitriles is 1. The standard InChI is InChI=1S/C28H25N3O3/c1-34-27(32)26-24(20-9-4-6-18(14-20)16-29)15-22-12-13-25(26)31(22)28(33)30-17-21-10-5-8-19-7-2-3-11-23(19)21/h2-11,14,22,25H,12-13,15,17H2,1H3,(H,30,33)/t22-,25+/m0/s1. The zero-order chi connectivity index (χ0) is 23.7. The van der Waals surface area contributed by atoms with E-state index >= 15 is 0 Å². The fraction of sp³-hybridized carbons (Fsp3) is 0.250. The molecular formula is C28H25N3O3. The minimum atomic E-state index is -0.422. The summed E-state index contributed by atoms with van der Waals surface area (Å²) in [6, 6.07) is 23.1. The summed E-state index contributed by atoms with van der Waals surface area (Å²) >= 11 is 0. The van der Waals surface area contributed by atoms with Crippen LogP contribution in [0.1, 0.15) is 36.0 Å². The Balaban J connectivity index is 1.43. The molecule has 0 aromatic heterocycles. The zero-order valence-corrected chi connectivity index (χ0v) is 19.0. The average molecular weight is 452 g/mol. The van der Waals surface area contributed by atoms with Crippen LogP contribution in [0.5, 0.6) is 0 Å². The second-order valence-corrected chi connectivity index (χ2v) is 8.73. The van der Waals surface area contributed by atoms with Gasteiger partial charge in [-0.25, -0.2) is 9.59 Å². The van der Waals surface area contributed by atoms with Gasteiger partial charge >= 0.3 is 12.0 Å². The minimum absolute atomic E-state index is 0.00772. The molecule has 170 valence electrons. The highest BCUT2D eigenvalue weighted by molar-refractivity contribution is 6.01. The number of carbonyl (C=O) groups excluding carboxylic acids is 2. The average Bonchev–Trinajstić information content (AvgIpc) is 3.20.